The summed E-state index contributed by atoms with van der Waals surface area (Å²) in [6, 6.07) is 5.96. The number of rotatable bonds is 3. The zero-order valence-corrected chi connectivity index (χ0v) is 10.5. The molecule has 2 heterocycles. The number of hydrogen-bond donors (Lipinski definition) is 3. The summed E-state index contributed by atoms with van der Waals surface area (Å²) in [6.07, 6.45) is 3.30. The molecule has 2 aromatic heterocycles. The number of aromatic amines is 2. The summed E-state index contributed by atoms with van der Waals surface area (Å²) in [5.41, 5.74) is 3.18. The van der Waals surface area contributed by atoms with E-state index in [-0.39, 0.29) is 5.82 Å². The minimum atomic E-state index is 0.252. The first-order valence-electron chi connectivity index (χ1n) is 5.82. The molecule has 0 atom stereocenters. The fourth-order valence-corrected chi connectivity index (χ4v) is 1.83. The van der Waals surface area contributed by atoms with Crippen molar-refractivity contribution in [3.63, 3.8) is 0 Å². The lowest BCUT2D eigenvalue weighted by atomic mass is 10.1. The van der Waals surface area contributed by atoms with Crippen LogP contribution in [0.2, 0.25) is 0 Å². The maximum absolute atomic E-state index is 9.09. The fraction of sp³-hybridized carbons (Fsp3) is 0.0833. The number of nitriles is 1. The molecular formula is C12H10N8. The Morgan fingerprint density at radius 2 is 2.35 bits per heavy atom. The highest BCUT2D eigenvalue weighted by Crippen LogP contribution is 2.22. The maximum Gasteiger partial charge on any atom is 0.216 e. The summed E-state index contributed by atoms with van der Waals surface area (Å²) in [7, 11) is 0. The van der Waals surface area contributed by atoms with Crippen LogP contribution >= 0.6 is 0 Å². The largest absolute Gasteiger partial charge is 0.360 e. The molecule has 20 heavy (non-hydrogen) atoms. The molecule has 0 radical (unpaired) electrons. The molecule has 0 spiro atoms. The summed E-state index contributed by atoms with van der Waals surface area (Å²) < 4.78 is 0. The average molecular weight is 266 g/mol. The van der Waals surface area contributed by atoms with Gasteiger partial charge in [0.2, 0.25) is 5.82 Å². The number of aromatic nitrogens is 6. The second-order valence-electron chi connectivity index (χ2n) is 4.17. The van der Waals surface area contributed by atoms with Gasteiger partial charge in [0, 0.05) is 17.3 Å². The predicted octanol–water partition coefficient (Wildman–Crippen LogP) is 1.36. The number of benzene rings is 1. The van der Waals surface area contributed by atoms with Gasteiger partial charge in [-0.1, -0.05) is 0 Å². The SMILES string of the molecule is Cc1cc2[nH]ncc2cc1NC=C(C#N)c1nn[nH]n1. The van der Waals surface area contributed by atoms with Gasteiger partial charge in [-0.15, -0.1) is 10.2 Å². The molecule has 3 aromatic rings. The molecule has 8 nitrogen and oxygen atoms in total. The van der Waals surface area contributed by atoms with Crippen LogP contribution in [-0.4, -0.2) is 30.8 Å². The molecule has 0 bridgehead atoms. The summed E-state index contributed by atoms with van der Waals surface area (Å²) in [6.45, 7) is 1.97. The predicted molar refractivity (Wildman–Crippen MR) is 72.2 cm³/mol. The number of H-pyrrole nitrogens is 2. The zero-order valence-electron chi connectivity index (χ0n) is 10.5. The molecule has 0 fully saturated rings. The number of hydrogen-bond acceptors (Lipinski definition) is 6. The summed E-state index contributed by atoms with van der Waals surface area (Å²) in [5, 5.41) is 33.3. The van der Waals surface area contributed by atoms with Gasteiger partial charge in [-0.05, 0) is 29.8 Å². The van der Waals surface area contributed by atoms with E-state index in [9.17, 15) is 0 Å². The van der Waals surface area contributed by atoms with E-state index in [0.29, 0.717) is 5.57 Å². The third kappa shape index (κ3) is 2.08. The van der Waals surface area contributed by atoms with E-state index >= 15 is 0 Å². The standard InChI is InChI=1S/C12H10N8/c1-7-2-11-8(6-15-16-11)3-10(7)14-5-9(4-13)12-17-19-20-18-12/h2-3,5-6,14H,1H3,(H,15,16)(H,17,18,19,20). The van der Waals surface area contributed by atoms with Crippen molar-refractivity contribution in [2.75, 3.05) is 5.32 Å². The van der Waals surface area contributed by atoms with E-state index < -0.39 is 0 Å². The van der Waals surface area contributed by atoms with E-state index in [1.54, 1.807) is 12.4 Å². The van der Waals surface area contributed by atoms with Crippen molar-refractivity contribution in [3.05, 3.63) is 35.9 Å². The molecule has 3 rings (SSSR count). The summed E-state index contributed by atoms with van der Waals surface area (Å²) in [4.78, 5) is 0. The Bertz CT molecular complexity index is 806. The molecule has 3 N–H and O–H groups in total. The van der Waals surface area contributed by atoms with Crippen molar-refractivity contribution in [2.24, 2.45) is 0 Å². The Morgan fingerprint density at radius 3 is 3.10 bits per heavy atom. The van der Waals surface area contributed by atoms with E-state index in [2.05, 4.69) is 36.1 Å². The van der Waals surface area contributed by atoms with Crippen LogP contribution in [0.5, 0.6) is 0 Å². The van der Waals surface area contributed by atoms with Gasteiger partial charge < -0.3 is 5.32 Å². The van der Waals surface area contributed by atoms with E-state index in [4.69, 9.17) is 5.26 Å². The van der Waals surface area contributed by atoms with Gasteiger partial charge in [0.15, 0.2) is 0 Å². The first-order chi connectivity index (χ1) is 9.78. The Labute approximate surface area is 113 Å². The highest BCUT2D eigenvalue weighted by atomic mass is 15.5. The molecule has 1 aromatic carbocycles. The third-order valence-corrected chi connectivity index (χ3v) is 2.86. The molecule has 98 valence electrons. The zero-order chi connectivity index (χ0) is 13.9. The molecule has 0 aliphatic rings. The monoisotopic (exact) mass is 266 g/mol. The highest BCUT2D eigenvalue weighted by molar-refractivity contribution is 5.84. The van der Waals surface area contributed by atoms with Crippen LogP contribution in [0.1, 0.15) is 11.4 Å². The van der Waals surface area contributed by atoms with Crippen LogP contribution in [0.3, 0.4) is 0 Å². The number of allylic oxidation sites excluding steroid dienone is 1. The Kier molecular flexibility index (Phi) is 2.85. The van der Waals surface area contributed by atoms with E-state index in [1.165, 1.54) is 0 Å². The molecule has 8 heteroatoms. The van der Waals surface area contributed by atoms with Gasteiger partial charge in [-0.3, -0.25) is 5.10 Å². The lowest BCUT2D eigenvalue weighted by Crippen LogP contribution is -1.95. The molecule has 0 aliphatic heterocycles. The summed E-state index contributed by atoms with van der Waals surface area (Å²) in [5.74, 6) is 0.252. The van der Waals surface area contributed by atoms with Crippen LogP contribution in [-0.2, 0) is 0 Å². The first kappa shape index (κ1) is 11.9. The number of fused-ring (bicyclic) bond motifs is 1. The van der Waals surface area contributed by atoms with Crippen molar-refractivity contribution in [2.45, 2.75) is 6.92 Å². The minimum Gasteiger partial charge on any atom is -0.360 e. The van der Waals surface area contributed by atoms with Crippen molar-refractivity contribution < 1.29 is 0 Å². The van der Waals surface area contributed by atoms with Crippen LogP contribution in [0, 0.1) is 18.3 Å². The molecule has 0 saturated heterocycles. The molecule has 0 amide bonds. The van der Waals surface area contributed by atoms with Gasteiger partial charge in [0.1, 0.15) is 11.6 Å². The number of anilines is 1. The lowest BCUT2D eigenvalue weighted by Gasteiger charge is -2.05. The van der Waals surface area contributed by atoms with E-state index in [0.717, 1.165) is 22.2 Å². The number of aryl methyl sites for hydroxylation is 1. The van der Waals surface area contributed by atoms with Crippen molar-refractivity contribution in [3.8, 4) is 6.07 Å². The minimum absolute atomic E-state index is 0.252. The normalized spacial score (nSPS) is 11.5. The average Bonchev–Trinajstić information content (AvgIpc) is 3.10. The molecular weight excluding hydrogens is 256 g/mol. The van der Waals surface area contributed by atoms with Crippen LogP contribution in [0.4, 0.5) is 5.69 Å². The molecule has 0 aliphatic carbocycles. The second kappa shape index (κ2) is 4.81. The van der Waals surface area contributed by atoms with Crippen LogP contribution in [0.15, 0.2) is 24.5 Å². The number of nitrogens with one attached hydrogen (secondary N) is 3. The van der Waals surface area contributed by atoms with Crippen LogP contribution in [0.25, 0.3) is 16.5 Å². The van der Waals surface area contributed by atoms with Gasteiger partial charge in [-0.25, -0.2) is 0 Å². The molecule has 0 unspecified atom stereocenters. The quantitative estimate of drug-likeness (QED) is 0.616. The van der Waals surface area contributed by atoms with Crippen LogP contribution < -0.4 is 5.32 Å². The fourth-order valence-electron chi connectivity index (χ4n) is 1.83. The lowest BCUT2D eigenvalue weighted by molar-refractivity contribution is 0.881. The topological polar surface area (TPSA) is 119 Å². The van der Waals surface area contributed by atoms with Gasteiger partial charge >= 0.3 is 0 Å². The van der Waals surface area contributed by atoms with Gasteiger partial charge in [-0.2, -0.15) is 15.6 Å². The Hall–Kier alpha value is -3.21. The van der Waals surface area contributed by atoms with Crippen molar-refractivity contribution in [1.29, 1.82) is 5.26 Å². The van der Waals surface area contributed by atoms with Crippen molar-refractivity contribution >= 4 is 22.2 Å². The van der Waals surface area contributed by atoms with E-state index in [1.807, 2.05) is 25.1 Å². The summed E-state index contributed by atoms with van der Waals surface area (Å²) >= 11 is 0. The van der Waals surface area contributed by atoms with Crippen molar-refractivity contribution in [1.82, 2.24) is 30.8 Å². The van der Waals surface area contributed by atoms with Gasteiger partial charge in [0.05, 0.1) is 11.7 Å². The number of nitrogens with zero attached hydrogens (tertiary/aromatic N) is 5. The Morgan fingerprint density at radius 1 is 1.45 bits per heavy atom. The molecule has 0 saturated carbocycles. The van der Waals surface area contributed by atoms with Gasteiger partial charge in [0.25, 0.3) is 0 Å². The smallest absolute Gasteiger partial charge is 0.216 e. The third-order valence-electron chi connectivity index (χ3n) is 2.86. The number of tetrazole rings is 1. The Balaban J connectivity index is 1.93. The maximum atomic E-state index is 9.09. The first-order valence-corrected chi connectivity index (χ1v) is 5.82. The highest BCUT2D eigenvalue weighted by Gasteiger charge is 2.06. The second-order valence-corrected chi connectivity index (χ2v) is 4.17.